The second-order valence-electron chi connectivity index (χ2n) is 7.75. The molecule has 3 heterocycles. The van der Waals surface area contributed by atoms with Crippen LogP contribution in [0, 0.1) is 0 Å². The van der Waals surface area contributed by atoms with Crippen molar-refractivity contribution < 1.29 is 8.94 Å². The first-order valence-electron chi connectivity index (χ1n) is 10.9. The van der Waals surface area contributed by atoms with E-state index >= 15 is 0 Å². The number of furan rings is 1. The smallest absolute Gasteiger partial charge is 0.228 e. The number of benzene rings is 2. The topological polar surface area (TPSA) is 45.7 Å². The zero-order valence-electron chi connectivity index (χ0n) is 17.8. The van der Waals surface area contributed by atoms with Crippen molar-refractivity contribution >= 4 is 16.7 Å². The van der Waals surface area contributed by atoms with E-state index in [1.54, 1.807) is 6.26 Å². The number of aromatic nitrogens is 1. The second-order valence-corrected chi connectivity index (χ2v) is 7.75. The molecule has 1 aliphatic heterocycles. The summed E-state index contributed by atoms with van der Waals surface area (Å²) in [5.41, 5.74) is 1.97. The number of hydrogen-bond donors (Lipinski definition) is 0. The van der Waals surface area contributed by atoms with E-state index in [1.807, 2.05) is 30.4 Å². The fraction of sp³-hybridized carbons (Fsp3) is 0.148. The van der Waals surface area contributed by atoms with Gasteiger partial charge >= 0.3 is 0 Å². The van der Waals surface area contributed by atoms with Crippen LogP contribution in [0.1, 0.15) is 12.0 Å². The molecule has 0 N–H and O–H groups in total. The van der Waals surface area contributed by atoms with Crippen LogP contribution in [0.5, 0.6) is 0 Å². The zero-order valence-corrected chi connectivity index (χ0v) is 17.8. The van der Waals surface area contributed by atoms with E-state index in [1.165, 1.54) is 16.3 Å². The number of nitrogens with zero attached hydrogens (tertiary/aromatic N) is 3. The Bertz CT molecular complexity index is 1230. The molecule has 0 radical (unpaired) electrons. The molecule has 0 amide bonds. The van der Waals surface area contributed by atoms with Gasteiger partial charge in [-0.25, -0.2) is 0 Å². The first kappa shape index (κ1) is 19.9. The van der Waals surface area contributed by atoms with E-state index in [2.05, 4.69) is 82.0 Å². The number of hydrogen-bond acceptors (Lipinski definition) is 5. The predicted molar refractivity (Wildman–Crippen MR) is 128 cm³/mol. The van der Waals surface area contributed by atoms with Gasteiger partial charge in [0.1, 0.15) is 0 Å². The molecule has 0 spiro atoms. The van der Waals surface area contributed by atoms with Crippen LogP contribution < -0.4 is 4.90 Å². The average Bonchev–Trinajstić information content (AvgIpc) is 3.47. The van der Waals surface area contributed by atoms with Gasteiger partial charge in [-0.2, -0.15) is 0 Å². The van der Waals surface area contributed by atoms with Crippen molar-refractivity contribution in [3.63, 3.8) is 0 Å². The van der Waals surface area contributed by atoms with Gasteiger partial charge in [0.2, 0.25) is 5.88 Å². The summed E-state index contributed by atoms with van der Waals surface area (Å²) in [5, 5.41) is 6.74. The fourth-order valence-corrected chi connectivity index (χ4v) is 3.95. The van der Waals surface area contributed by atoms with Crippen LogP contribution in [-0.4, -0.2) is 23.1 Å². The van der Waals surface area contributed by atoms with Crippen molar-refractivity contribution in [3.05, 3.63) is 109 Å². The van der Waals surface area contributed by atoms with Gasteiger partial charge < -0.3 is 18.7 Å². The summed E-state index contributed by atoms with van der Waals surface area (Å²) in [6.45, 7) is 2.49. The monoisotopic (exact) mass is 423 g/mol. The molecule has 0 aliphatic carbocycles. The first-order valence-corrected chi connectivity index (χ1v) is 10.9. The molecular weight excluding hydrogens is 398 g/mol. The Labute approximate surface area is 187 Å². The highest BCUT2D eigenvalue weighted by atomic mass is 16.5. The number of anilines is 1. The Hall–Kier alpha value is -3.99. The van der Waals surface area contributed by atoms with Crippen molar-refractivity contribution in [1.82, 2.24) is 10.1 Å². The third-order valence-corrected chi connectivity index (χ3v) is 5.56. The van der Waals surface area contributed by atoms with E-state index in [4.69, 9.17) is 8.94 Å². The van der Waals surface area contributed by atoms with Crippen LogP contribution >= 0.6 is 0 Å². The third-order valence-electron chi connectivity index (χ3n) is 5.56. The molecule has 0 unspecified atom stereocenters. The molecule has 5 nitrogen and oxygen atoms in total. The summed E-state index contributed by atoms with van der Waals surface area (Å²) in [4.78, 5) is 4.45. The van der Waals surface area contributed by atoms with E-state index in [9.17, 15) is 0 Å². The molecule has 2 aromatic carbocycles. The molecule has 5 rings (SSSR count). The normalized spacial score (nSPS) is 13.1. The quantitative estimate of drug-likeness (QED) is 0.329. The standard InChI is InChI=1S/C27H25N3O2/c1-2-6-16-29(15-5-1)17-9-18-30(27-20-25(28-32-27)26-14-8-19-31-26)21-23-12-7-11-22-10-3-4-13-24(22)23/h1-8,10-16,19-20H,9,17-18,21H2. The lowest BCUT2D eigenvalue weighted by Gasteiger charge is -2.23. The predicted octanol–water partition coefficient (Wildman–Crippen LogP) is 6.38. The van der Waals surface area contributed by atoms with Gasteiger partial charge in [-0.05, 0) is 47.0 Å². The minimum atomic E-state index is 0.706. The van der Waals surface area contributed by atoms with Crippen LogP contribution in [0.2, 0.25) is 0 Å². The Morgan fingerprint density at radius 2 is 1.72 bits per heavy atom. The second kappa shape index (κ2) is 9.43. The van der Waals surface area contributed by atoms with Gasteiger partial charge in [0, 0.05) is 38.1 Å². The zero-order chi connectivity index (χ0) is 21.6. The molecule has 160 valence electrons. The van der Waals surface area contributed by atoms with Crippen LogP contribution in [0.4, 0.5) is 5.88 Å². The van der Waals surface area contributed by atoms with E-state index in [0.29, 0.717) is 11.5 Å². The largest absolute Gasteiger partial charge is 0.463 e. The minimum absolute atomic E-state index is 0.706. The van der Waals surface area contributed by atoms with Gasteiger partial charge in [0.25, 0.3) is 0 Å². The molecule has 1 aliphatic rings. The highest BCUT2D eigenvalue weighted by molar-refractivity contribution is 5.85. The number of fused-ring (bicyclic) bond motifs is 1. The fourth-order valence-electron chi connectivity index (χ4n) is 3.95. The Morgan fingerprint density at radius 1 is 0.875 bits per heavy atom. The van der Waals surface area contributed by atoms with Crippen molar-refractivity contribution in [2.24, 2.45) is 0 Å². The molecule has 0 saturated carbocycles. The number of rotatable bonds is 8. The molecule has 0 saturated heterocycles. The van der Waals surface area contributed by atoms with Gasteiger partial charge in [-0.1, -0.05) is 59.8 Å². The van der Waals surface area contributed by atoms with Crippen molar-refractivity contribution in [2.45, 2.75) is 13.0 Å². The average molecular weight is 424 g/mol. The van der Waals surface area contributed by atoms with Crippen molar-refractivity contribution in [1.29, 1.82) is 0 Å². The highest BCUT2D eigenvalue weighted by Crippen LogP contribution is 2.27. The van der Waals surface area contributed by atoms with Crippen molar-refractivity contribution in [2.75, 3.05) is 18.0 Å². The van der Waals surface area contributed by atoms with Crippen molar-refractivity contribution in [3.8, 4) is 11.5 Å². The Balaban J connectivity index is 1.38. The highest BCUT2D eigenvalue weighted by Gasteiger charge is 2.17. The summed E-state index contributed by atoms with van der Waals surface area (Å²) in [7, 11) is 0. The summed E-state index contributed by atoms with van der Waals surface area (Å²) >= 11 is 0. The molecular formula is C27H25N3O2. The van der Waals surface area contributed by atoms with E-state index < -0.39 is 0 Å². The third kappa shape index (κ3) is 4.52. The summed E-state index contributed by atoms with van der Waals surface area (Å²) in [5.74, 6) is 1.45. The maximum absolute atomic E-state index is 5.76. The maximum Gasteiger partial charge on any atom is 0.228 e. The Morgan fingerprint density at radius 3 is 2.56 bits per heavy atom. The van der Waals surface area contributed by atoms with Crippen LogP contribution in [0.25, 0.3) is 22.2 Å². The Kier molecular flexibility index (Phi) is 5.88. The van der Waals surface area contributed by atoms with Crippen LogP contribution in [0.15, 0.2) is 113 Å². The minimum Gasteiger partial charge on any atom is -0.463 e. The molecule has 32 heavy (non-hydrogen) atoms. The lowest BCUT2D eigenvalue weighted by atomic mass is 10.0. The van der Waals surface area contributed by atoms with Gasteiger partial charge in [0.05, 0.1) is 6.26 Å². The molecule has 4 aromatic rings. The van der Waals surface area contributed by atoms with Gasteiger partial charge in [-0.15, -0.1) is 0 Å². The summed E-state index contributed by atoms with van der Waals surface area (Å²) < 4.78 is 11.3. The van der Waals surface area contributed by atoms with Gasteiger partial charge in [0.15, 0.2) is 11.5 Å². The summed E-state index contributed by atoms with van der Waals surface area (Å²) in [6, 6.07) is 20.7. The first-order chi connectivity index (χ1) is 15.9. The van der Waals surface area contributed by atoms with Crippen LogP contribution in [0.3, 0.4) is 0 Å². The van der Waals surface area contributed by atoms with Gasteiger partial charge in [-0.3, -0.25) is 0 Å². The molecule has 0 bridgehead atoms. The summed E-state index contributed by atoms with van der Waals surface area (Å²) in [6.07, 6.45) is 15.0. The molecule has 0 atom stereocenters. The molecule has 2 aromatic heterocycles. The molecule has 0 fully saturated rings. The maximum atomic E-state index is 5.76. The molecule has 5 heteroatoms. The SMILES string of the molecule is C1=CC=CN(CCCN(Cc2cccc3ccccc23)c2cc(-c3ccco3)no2)C=C1. The van der Waals surface area contributed by atoms with Crippen LogP contribution in [-0.2, 0) is 6.54 Å². The lowest BCUT2D eigenvalue weighted by molar-refractivity contribution is 0.409. The number of allylic oxidation sites excluding steroid dienone is 4. The lowest BCUT2D eigenvalue weighted by Crippen LogP contribution is -2.26. The van der Waals surface area contributed by atoms with E-state index in [0.717, 1.165) is 31.9 Å². The van der Waals surface area contributed by atoms with E-state index in [-0.39, 0.29) is 0 Å².